The minimum absolute atomic E-state index is 0. The largest absolute Gasteiger partial charge is 0.357 e. The van der Waals surface area contributed by atoms with E-state index < -0.39 is 0 Å². The quantitative estimate of drug-likeness (QED) is 0.292. The summed E-state index contributed by atoms with van der Waals surface area (Å²) < 4.78 is 0. The van der Waals surface area contributed by atoms with Gasteiger partial charge >= 0.3 is 0 Å². The number of guanidine groups is 1. The van der Waals surface area contributed by atoms with E-state index in [-0.39, 0.29) is 47.9 Å². The molecule has 3 N–H and O–H groups in total. The predicted molar refractivity (Wildman–Crippen MR) is 129 cm³/mol. The van der Waals surface area contributed by atoms with Gasteiger partial charge in [-0.25, -0.2) is 9.98 Å². The molecule has 1 saturated carbocycles. The molecule has 1 aliphatic carbocycles. The summed E-state index contributed by atoms with van der Waals surface area (Å²) in [6.07, 6.45) is 3.95. The third-order valence-electron chi connectivity index (χ3n) is 4.48. The minimum Gasteiger partial charge on any atom is -0.357 e. The van der Waals surface area contributed by atoms with Gasteiger partial charge in [-0.3, -0.25) is 4.79 Å². The Balaban J connectivity index is 0.00000392. The van der Waals surface area contributed by atoms with Gasteiger partial charge in [-0.05, 0) is 40.0 Å². The Morgan fingerprint density at radius 2 is 2.14 bits per heavy atom. The Morgan fingerprint density at radius 1 is 1.39 bits per heavy atom. The molecule has 28 heavy (non-hydrogen) atoms. The summed E-state index contributed by atoms with van der Waals surface area (Å²) in [5, 5.41) is 12.9. The number of carbonyl (C=O) groups excluding carboxylic acids is 1. The summed E-state index contributed by atoms with van der Waals surface area (Å²) in [5.74, 6) is 1.06. The number of hydrogen-bond acceptors (Lipinski definition) is 5. The molecule has 0 saturated heterocycles. The molecule has 0 aromatic carbocycles. The SMILES string of the molecule is CCNC(=NCc1csc(N(C)C)n1)NC1CCCC(C(=O)NC(C)C)C1.I. The van der Waals surface area contributed by atoms with Crippen LogP contribution in [0.2, 0.25) is 0 Å². The van der Waals surface area contributed by atoms with E-state index >= 15 is 0 Å². The molecule has 2 atom stereocenters. The first kappa shape index (κ1) is 24.9. The van der Waals surface area contributed by atoms with Crippen molar-refractivity contribution in [3.63, 3.8) is 0 Å². The fourth-order valence-corrected chi connectivity index (χ4v) is 3.96. The molecule has 7 nitrogen and oxygen atoms in total. The molecule has 1 fully saturated rings. The smallest absolute Gasteiger partial charge is 0.223 e. The zero-order valence-electron chi connectivity index (χ0n) is 17.6. The van der Waals surface area contributed by atoms with Gasteiger partial charge in [-0.1, -0.05) is 6.42 Å². The van der Waals surface area contributed by atoms with Crippen LogP contribution in [0.25, 0.3) is 0 Å². The highest BCUT2D eigenvalue weighted by molar-refractivity contribution is 14.0. The lowest BCUT2D eigenvalue weighted by atomic mass is 9.85. The fourth-order valence-electron chi connectivity index (χ4n) is 3.21. The van der Waals surface area contributed by atoms with Gasteiger partial charge in [0.2, 0.25) is 5.91 Å². The van der Waals surface area contributed by atoms with Gasteiger partial charge in [0.1, 0.15) is 0 Å². The maximum absolute atomic E-state index is 12.3. The summed E-state index contributed by atoms with van der Waals surface area (Å²) in [7, 11) is 3.98. The van der Waals surface area contributed by atoms with E-state index in [0.717, 1.165) is 49.0 Å². The first-order valence-corrected chi connectivity index (χ1v) is 10.7. The number of anilines is 1. The Kier molecular flexibility index (Phi) is 11.1. The van der Waals surface area contributed by atoms with Gasteiger partial charge < -0.3 is 20.9 Å². The number of nitrogens with zero attached hydrogens (tertiary/aromatic N) is 3. The number of aliphatic imine (C=N–C) groups is 1. The van der Waals surface area contributed by atoms with Crippen molar-refractivity contribution in [1.29, 1.82) is 0 Å². The van der Waals surface area contributed by atoms with E-state index in [1.165, 1.54) is 0 Å². The van der Waals surface area contributed by atoms with Crippen LogP contribution in [-0.2, 0) is 11.3 Å². The molecule has 1 aromatic heterocycles. The molecular formula is C19H35IN6OS. The highest BCUT2D eigenvalue weighted by Gasteiger charge is 2.28. The lowest BCUT2D eigenvalue weighted by Gasteiger charge is -2.30. The topological polar surface area (TPSA) is 81.7 Å². The van der Waals surface area contributed by atoms with Gasteiger partial charge in [-0.2, -0.15) is 0 Å². The van der Waals surface area contributed by atoms with Crippen LogP contribution in [0.4, 0.5) is 5.13 Å². The molecule has 1 aliphatic rings. The Bertz CT molecular complexity index is 634. The summed E-state index contributed by atoms with van der Waals surface area (Å²) >= 11 is 1.63. The van der Waals surface area contributed by atoms with E-state index in [0.29, 0.717) is 6.54 Å². The van der Waals surface area contributed by atoms with Crippen LogP contribution in [0.3, 0.4) is 0 Å². The molecule has 1 aromatic rings. The Hall–Kier alpha value is -1.10. The van der Waals surface area contributed by atoms with Crippen LogP contribution in [0, 0.1) is 5.92 Å². The maximum Gasteiger partial charge on any atom is 0.223 e. The lowest BCUT2D eigenvalue weighted by molar-refractivity contribution is -0.126. The highest BCUT2D eigenvalue weighted by atomic mass is 127. The van der Waals surface area contributed by atoms with E-state index in [9.17, 15) is 4.79 Å². The van der Waals surface area contributed by atoms with Crippen molar-refractivity contribution >= 4 is 52.3 Å². The van der Waals surface area contributed by atoms with Crippen LogP contribution in [0.1, 0.15) is 52.1 Å². The van der Waals surface area contributed by atoms with Crippen LogP contribution < -0.4 is 20.9 Å². The molecule has 1 amide bonds. The second-order valence-electron chi connectivity index (χ2n) is 7.58. The number of hydrogen-bond donors (Lipinski definition) is 3. The average molecular weight is 523 g/mol. The predicted octanol–water partition coefficient (Wildman–Crippen LogP) is 2.97. The summed E-state index contributed by atoms with van der Waals surface area (Å²) in [6, 6.07) is 0.460. The van der Waals surface area contributed by atoms with Crippen LogP contribution in [0.15, 0.2) is 10.4 Å². The number of halogens is 1. The van der Waals surface area contributed by atoms with Crippen molar-refractivity contribution in [2.75, 3.05) is 25.5 Å². The summed E-state index contributed by atoms with van der Waals surface area (Å²) in [5.41, 5.74) is 0.971. The molecule has 1 heterocycles. The molecule has 9 heteroatoms. The normalized spacial score (nSPS) is 19.7. The second-order valence-corrected chi connectivity index (χ2v) is 8.42. The lowest BCUT2D eigenvalue weighted by Crippen LogP contribution is -2.47. The molecule has 160 valence electrons. The van der Waals surface area contributed by atoms with E-state index in [1.54, 1.807) is 11.3 Å². The third-order valence-corrected chi connectivity index (χ3v) is 5.54. The molecule has 0 bridgehead atoms. The number of nitrogens with one attached hydrogen (secondary N) is 3. The molecule has 0 radical (unpaired) electrons. The average Bonchev–Trinajstić information content (AvgIpc) is 3.09. The molecular weight excluding hydrogens is 487 g/mol. The van der Waals surface area contributed by atoms with Crippen molar-refractivity contribution in [2.45, 2.75) is 65.1 Å². The number of thiazole rings is 1. The zero-order valence-corrected chi connectivity index (χ0v) is 20.8. The van der Waals surface area contributed by atoms with Crippen molar-refractivity contribution in [3.05, 3.63) is 11.1 Å². The molecule has 2 rings (SSSR count). The Labute approximate surface area is 190 Å². The zero-order chi connectivity index (χ0) is 19.8. The van der Waals surface area contributed by atoms with Gasteiger partial charge in [0.15, 0.2) is 11.1 Å². The van der Waals surface area contributed by atoms with Crippen molar-refractivity contribution in [2.24, 2.45) is 10.9 Å². The van der Waals surface area contributed by atoms with Crippen molar-refractivity contribution < 1.29 is 4.79 Å². The van der Waals surface area contributed by atoms with Crippen LogP contribution >= 0.6 is 35.3 Å². The van der Waals surface area contributed by atoms with Crippen LogP contribution in [-0.4, -0.2) is 49.6 Å². The van der Waals surface area contributed by atoms with E-state index in [1.807, 2.05) is 32.8 Å². The first-order chi connectivity index (χ1) is 12.9. The molecule has 0 spiro atoms. The van der Waals surface area contributed by atoms with E-state index in [4.69, 9.17) is 0 Å². The van der Waals surface area contributed by atoms with Gasteiger partial charge in [-0.15, -0.1) is 35.3 Å². The van der Waals surface area contributed by atoms with Gasteiger partial charge in [0.25, 0.3) is 0 Å². The van der Waals surface area contributed by atoms with Gasteiger partial charge in [0.05, 0.1) is 12.2 Å². The third kappa shape index (κ3) is 8.10. The van der Waals surface area contributed by atoms with Crippen LogP contribution in [0.5, 0.6) is 0 Å². The second kappa shape index (κ2) is 12.5. The minimum atomic E-state index is 0. The summed E-state index contributed by atoms with van der Waals surface area (Å²) in [4.78, 5) is 23.6. The van der Waals surface area contributed by atoms with Crippen molar-refractivity contribution in [3.8, 4) is 0 Å². The van der Waals surface area contributed by atoms with Gasteiger partial charge in [0, 0.05) is 44.0 Å². The Morgan fingerprint density at radius 3 is 2.75 bits per heavy atom. The maximum atomic E-state index is 12.3. The number of amides is 1. The fraction of sp³-hybridized carbons (Fsp3) is 0.737. The number of rotatable bonds is 7. The molecule has 0 aliphatic heterocycles. The standard InChI is InChI=1S/C19H34N6OS.HI/c1-6-20-18(21-11-16-12-27-19(24-16)25(4)5)23-15-9-7-8-14(10-15)17(26)22-13(2)3;/h12-15H,6-11H2,1-5H3,(H,22,26)(H2,20,21,23);1H. The summed E-state index contributed by atoms with van der Waals surface area (Å²) in [6.45, 7) is 7.42. The highest BCUT2D eigenvalue weighted by Crippen LogP contribution is 2.24. The number of carbonyl (C=O) groups is 1. The first-order valence-electron chi connectivity index (χ1n) is 9.86. The number of aromatic nitrogens is 1. The van der Waals surface area contributed by atoms with E-state index in [2.05, 4.69) is 38.2 Å². The molecule has 2 unspecified atom stereocenters. The van der Waals surface area contributed by atoms with Crippen molar-refractivity contribution in [1.82, 2.24) is 20.9 Å². The monoisotopic (exact) mass is 522 g/mol.